The number of fused-ring (bicyclic) bond motifs is 1. The normalized spacial score (nSPS) is 15.7. The van der Waals surface area contributed by atoms with Gasteiger partial charge in [-0.15, -0.1) is 0 Å². The van der Waals surface area contributed by atoms with Gasteiger partial charge in [-0.05, 0) is 54.4 Å². The lowest BCUT2D eigenvalue weighted by atomic mass is 10.0. The number of sulfone groups is 1. The van der Waals surface area contributed by atoms with Gasteiger partial charge in [0.05, 0.1) is 22.3 Å². The molecule has 1 aliphatic rings. The van der Waals surface area contributed by atoms with Crippen LogP contribution in [0.25, 0.3) is 11.1 Å². The maximum atomic E-state index is 13.2. The number of nitrogens with one attached hydrogen (secondary N) is 1. The summed E-state index contributed by atoms with van der Waals surface area (Å²) in [6.45, 7) is 3.75. The molecule has 1 aliphatic heterocycles. The van der Waals surface area contributed by atoms with Gasteiger partial charge < -0.3 is 10.2 Å². The van der Waals surface area contributed by atoms with E-state index in [0.29, 0.717) is 23.6 Å². The summed E-state index contributed by atoms with van der Waals surface area (Å²) >= 11 is 0. The van der Waals surface area contributed by atoms with Crippen LogP contribution >= 0.6 is 0 Å². The fourth-order valence-electron chi connectivity index (χ4n) is 4.08. The predicted octanol–water partition coefficient (Wildman–Crippen LogP) is 4.55. The van der Waals surface area contributed by atoms with Gasteiger partial charge >= 0.3 is 6.03 Å². The molecule has 3 aromatic carbocycles. The zero-order valence-corrected chi connectivity index (χ0v) is 19.5. The number of rotatable bonds is 3. The quantitative estimate of drug-likeness (QED) is 0.617. The minimum absolute atomic E-state index is 0.0999. The molecule has 1 atom stereocenters. The SMILES string of the molecule is CC(=O)N1c2ccc(-c3ccc(S(C)(=O)=O)cc3)cc2N(C(=O)Nc2ccccc2)C[C@@H]1C. The van der Waals surface area contributed by atoms with Crippen LogP contribution in [0.5, 0.6) is 0 Å². The van der Waals surface area contributed by atoms with Crippen LogP contribution in [0.3, 0.4) is 0 Å². The van der Waals surface area contributed by atoms with Crippen LogP contribution in [0.1, 0.15) is 13.8 Å². The Morgan fingerprint density at radius 2 is 1.55 bits per heavy atom. The number of para-hydroxylation sites is 1. The van der Waals surface area contributed by atoms with Gasteiger partial charge in [-0.1, -0.05) is 36.4 Å². The lowest BCUT2D eigenvalue weighted by molar-refractivity contribution is -0.117. The van der Waals surface area contributed by atoms with E-state index in [-0.39, 0.29) is 22.9 Å². The third-order valence-electron chi connectivity index (χ3n) is 5.64. The Bertz CT molecular complexity index is 1310. The molecule has 7 nitrogen and oxygen atoms in total. The molecule has 0 radical (unpaired) electrons. The molecule has 3 amide bonds. The van der Waals surface area contributed by atoms with E-state index in [4.69, 9.17) is 0 Å². The highest BCUT2D eigenvalue weighted by Crippen LogP contribution is 2.39. The largest absolute Gasteiger partial charge is 0.326 e. The smallest absolute Gasteiger partial charge is 0.308 e. The Labute approximate surface area is 193 Å². The van der Waals surface area contributed by atoms with E-state index in [1.807, 2.05) is 55.5 Å². The molecule has 170 valence electrons. The van der Waals surface area contributed by atoms with Crippen LogP contribution in [0.4, 0.5) is 21.9 Å². The topological polar surface area (TPSA) is 86.8 Å². The average Bonchev–Trinajstić information content (AvgIpc) is 2.78. The summed E-state index contributed by atoms with van der Waals surface area (Å²) in [4.78, 5) is 29.1. The summed E-state index contributed by atoms with van der Waals surface area (Å²) in [5, 5.41) is 2.92. The molecule has 4 rings (SSSR count). The standard InChI is InChI=1S/C25H25N3O4S/c1-17-16-27(25(30)26-21-7-5-4-6-8-21)24-15-20(11-14-23(24)28(17)18(2)29)19-9-12-22(13-10-19)33(3,31)32/h4-15,17H,16H2,1-3H3,(H,26,30)/t17-/m0/s1. The number of nitrogens with zero attached hydrogens (tertiary/aromatic N) is 2. The Kier molecular flexibility index (Phi) is 5.95. The molecule has 0 spiro atoms. The number of hydrogen-bond acceptors (Lipinski definition) is 4. The fraction of sp³-hybridized carbons (Fsp3) is 0.200. The minimum Gasteiger partial charge on any atom is -0.308 e. The molecule has 8 heteroatoms. The van der Waals surface area contributed by atoms with Crippen LogP contribution in [0.2, 0.25) is 0 Å². The summed E-state index contributed by atoms with van der Waals surface area (Å²) in [7, 11) is -3.29. The zero-order valence-electron chi connectivity index (χ0n) is 18.6. The first-order valence-electron chi connectivity index (χ1n) is 10.5. The third-order valence-corrected chi connectivity index (χ3v) is 6.77. The first-order chi connectivity index (χ1) is 15.6. The molecule has 1 heterocycles. The Hall–Kier alpha value is -3.65. The van der Waals surface area contributed by atoms with Crippen molar-refractivity contribution >= 4 is 38.8 Å². The maximum absolute atomic E-state index is 13.2. The van der Waals surface area contributed by atoms with Gasteiger partial charge in [0.1, 0.15) is 0 Å². The van der Waals surface area contributed by atoms with Crippen LogP contribution in [-0.4, -0.2) is 39.2 Å². The van der Waals surface area contributed by atoms with E-state index >= 15 is 0 Å². The van der Waals surface area contributed by atoms with Gasteiger partial charge in [-0.25, -0.2) is 13.2 Å². The maximum Gasteiger partial charge on any atom is 0.326 e. The summed E-state index contributed by atoms with van der Waals surface area (Å²) in [6, 6.07) is 20.9. The molecule has 0 saturated carbocycles. The zero-order chi connectivity index (χ0) is 23.8. The Morgan fingerprint density at radius 1 is 0.909 bits per heavy atom. The minimum atomic E-state index is -3.29. The Balaban J connectivity index is 1.75. The van der Waals surface area contributed by atoms with Gasteiger partial charge in [0.2, 0.25) is 5.91 Å². The first-order valence-corrected chi connectivity index (χ1v) is 12.4. The number of amides is 3. The second-order valence-corrected chi connectivity index (χ2v) is 10.2. The fourth-order valence-corrected chi connectivity index (χ4v) is 4.71. The van der Waals surface area contributed by atoms with Crippen LogP contribution in [0.15, 0.2) is 77.7 Å². The molecular weight excluding hydrogens is 438 g/mol. The lowest BCUT2D eigenvalue weighted by Crippen LogP contribution is -2.52. The molecule has 0 bridgehead atoms. The number of carbonyl (C=O) groups excluding carboxylic acids is 2. The number of hydrogen-bond donors (Lipinski definition) is 1. The van der Waals surface area contributed by atoms with Crippen molar-refractivity contribution < 1.29 is 18.0 Å². The number of benzene rings is 3. The molecule has 0 aromatic heterocycles. The van der Waals surface area contributed by atoms with Gasteiger partial charge in [-0.3, -0.25) is 9.69 Å². The number of urea groups is 1. The molecule has 0 aliphatic carbocycles. The molecular formula is C25H25N3O4S. The van der Waals surface area contributed by atoms with Crippen molar-refractivity contribution in [2.24, 2.45) is 0 Å². The van der Waals surface area contributed by atoms with Crippen molar-refractivity contribution in [1.82, 2.24) is 0 Å². The van der Waals surface area contributed by atoms with Crippen LogP contribution in [0, 0.1) is 0 Å². The van der Waals surface area contributed by atoms with Crippen molar-refractivity contribution in [2.45, 2.75) is 24.8 Å². The second-order valence-electron chi connectivity index (χ2n) is 8.14. The van der Waals surface area contributed by atoms with Gasteiger partial charge in [0, 0.05) is 25.4 Å². The van der Waals surface area contributed by atoms with Crippen molar-refractivity contribution in [3.05, 3.63) is 72.8 Å². The van der Waals surface area contributed by atoms with Gasteiger partial charge in [0.25, 0.3) is 0 Å². The highest BCUT2D eigenvalue weighted by Gasteiger charge is 2.34. The van der Waals surface area contributed by atoms with Crippen molar-refractivity contribution in [2.75, 3.05) is 27.9 Å². The van der Waals surface area contributed by atoms with Crippen molar-refractivity contribution in [3.8, 4) is 11.1 Å². The summed E-state index contributed by atoms with van der Waals surface area (Å²) in [6.07, 6.45) is 1.17. The molecule has 3 aromatic rings. The third kappa shape index (κ3) is 4.61. The Morgan fingerprint density at radius 3 is 2.15 bits per heavy atom. The lowest BCUT2D eigenvalue weighted by Gasteiger charge is -2.40. The van der Waals surface area contributed by atoms with E-state index < -0.39 is 9.84 Å². The van der Waals surface area contributed by atoms with E-state index in [1.165, 1.54) is 13.2 Å². The van der Waals surface area contributed by atoms with Crippen LogP contribution in [-0.2, 0) is 14.6 Å². The monoisotopic (exact) mass is 463 g/mol. The number of anilines is 3. The molecule has 33 heavy (non-hydrogen) atoms. The average molecular weight is 464 g/mol. The number of carbonyl (C=O) groups is 2. The van der Waals surface area contributed by atoms with Crippen LogP contribution < -0.4 is 15.1 Å². The van der Waals surface area contributed by atoms with Crippen molar-refractivity contribution in [3.63, 3.8) is 0 Å². The summed E-state index contributed by atoms with van der Waals surface area (Å²) in [5.41, 5.74) is 3.56. The van der Waals surface area contributed by atoms with E-state index in [9.17, 15) is 18.0 Å². The highest BCUT2D eigenvalue weighted by atomic mass is 32.2. The van der Waals surface area contributed by atoms with Crippen molar-refractivity contribution in [1.29, 1.82) is 0 Å². The predicted molar refractivity (Wildman–Crippen MR) is 130 cm³/mol. The molecule has 1 N–H and O–H groups in total. The van der Waals surface area contributed by atoms with Gasteiger partial charge in [0.15, 0.2) is 9.84 Å². The van der Waals surface area contributed by atoms with E-state index in [2.05, 4.69) is 5.32 Å². The van der Waals surface area contributed by atoms with E-state index in [1.54, 1.807) is 34.1 Å². The van der Waals surface area contributed by atoms with E-state index in [0.717, 1.165) is 11.1 Å². The first kappa shape index (κ1) is 22.5. The highest BCUT2D eigenvalue weighted by molar-refractivity contribution is 7.90. The summed E-state index contributed by atoms with van der Waals surface area (Å²) in [5.74, 6) is -0.0999. The summed E-state index contributed by atoms with van der Waals surface area (Å²) < 4.78 is 23.6. The van der Waals surface area contributed by atoms with Gasteiger partial charge in [-0.2, -0.15) is 0 Å². The molecule has 0 saturated heterocycles. The molecule has 0 unspecified atom stereocenters. The second kappa shape index (κ2) is 8.71. The molecule has 0 fully saturated rings.